The van der Waals surface area contributed by atoms with E-state index >= 15 is 0 Å². The fourth-order valence-electron chi connectivity index (χ4n) is 2.96. The minimum absolute atomic E-state index is 0.0786. The Morgan fingerprint density at radius 2 is 2.26 bits per heavy atom. The van der Waals surface area contributed by atoms with Gasteiger partial charge < -0.3 is 15.2 Å². The van der Waals surface area contributed by atoms with Gasteiger partial charge in [0.15, 0.2) is 0 Å². The number of aromatic nitrogens is 2. The van der Waals surface area contributed by atoms with Crippen molar-refractivity contribution in [3.63, 3.8) is 0 Å². The van der Waals surface area contributed by atoms with Crippen LogP contribution in [0.4, 0.5) is 0 Å². The molecule has 2 heterocycles. The fraction of sp³-hybridized carbons (Fsp3) is 0.471. The minimum Gasteiger partial charge on any atom is -0.354 e. The first-order chi connectivity index (χ1) is 11.1. The predicted molar refractivity (Wildman–Crippen MR) is 87.8 cm³/mol. The maximum atomic E-state index is 12.1. The van der Waals surface area contributed by atoms with E-state index in [1.807, 2.05) is 24.3 Å². The molecule has 0 radical (unpaired) electrons. The summed E-state index contributed by atoms with van der Waals surface area (Å²) in [4.78, 5) is 33.2. The Bertz CT molecular complexity index is 676. The molecule has 2 N–H and O–H groups in total. The van der Waals surface area contributed by atoms with Gasteiger partial charge in [0.2, 0.25) is 11.8 Å². The maximum Gasteiger partial charge on any atom is 0.242 e. The molecule has 6 nitrogen and oxygen atoms in total. The molecular formula is C17H22N4O2. The van der Waals surface area contributed by atoms with Crippen LogP contribution in [-0.4, -0.2) is 45.8 Å². The lowest BCUT2D eigenvalue weighted by molar-refractivity contribution is -0.136. The molecule has 3 rings (SSSR count). The van der Waals surface area contributed by atoms with Gasteiger partial charge >= 0.3 is 0 Å². The van der Waals surface area contributed by atoms with Crippen LogP contribution in [0.3, 0.4) is 0 Å². The van der Waals surface area contributed by atoms with Crippen LogP contribution >= 0.6 is 0 Å². The Kier molecular flexibility index (Phi) is 4.60. The van der Waals surface area contributed by atoms with Gasteiger partial charge in [-0.3, -0.25) is 9.59 Å². The molecule has 0 unspecified atom stereocenters. The average molecular weight is 314 g/mol. The molecule has 6 heteroatoms. The molecule has 1 atom stereocenters. The number of H-pyrrole nitrogens is 1. The quantitative estimate of drug-likeness (QED) is 0.795. The standard InChI is InChI=1S/C17H22N4O2/c1-12(21-11-5-9-16(21)22)17(23)18-10-4-8-15-19-13-6-2-3-7-14(13)20-15/h2-3,6-7,12H,4-5,8-11H2,1H3,(H,18,23)(H,19,20)/t12-/m1/s1. The zero-order chi connectivity index (χ0) is 16.2. The SMILES string of the molecule is C[C@H](C(=O)NCCCc1nc2ccccc2[nH]1)N1CCCC1=O. The molecule has 1 saturated heterocycles. The third-order valence-electron chi connectivity index (χ3n) is 4.28. The van der Waals surface area contributed by atoms with Gasteiger partial charge in [-0.05, 0) is 31.9 Å². The van der Waals surface area contributed by atoms with E-state index in [2.05, 4.69) is 15.3 Å². The second-order valence-electron chi connectivity index (χ2n) is 5.96. The third-order valence-corrected chi connectivity index (χ3v) is 4.28. The molecule has 0 bridgehead atoms. The van der Waals surface area contributed by atoms with E-state index in [4.69, 9.17) is 0 Å². The molecule has 122 valence electrons. The summed E-state index contributed by atoms with van der Waals surface area (Å²) in [5.41, 5.74) is 2.00. The fourth-order valence-corrected chi connectivity index (χ4v) is 2.96. The number of aromatic amines is 1. The van der Waals surface area contributed by atoms with Crippen LogP contribution in [-0.2, 0) is 16.0 Å². The summed E-state index contributed by atoms with van der Waals surface area (Å²) in [6.07, 6.45) is 3.00. The van der Waals surface area contributed by atoms with Gasteiger partial charge in [0.05, 0.1) is 11.0 Å². The van der Waals surface area contributed by atoms with Crippen molar-refractivity contribution in [2.24, 2.45) is 0 Å². The number of nitrogens with one attached hydrogen (secondary N) is 2. The van der Waals surface area contributed by atoms with Gasteiger partial charge in [0, 0.05) is 25.9 Å². The van der Waals surface area contributed by atoms with Crippen molar-refractivity contribution in [1.29, 1.82) is 0 Å². The van der Waals surface area contributed by atoms with Crippen molar-refractivity contribution in [2.45, 2.75) is 38.6 Å². The number of carbonyl (C=O) groups excluding carboxylic acids is 2. The van der Waals surface area contributed by atoms with Gasteiger partial charge in [-0.15, -0.1) is 0 Å². The highest BCUT2D eigenvalue weighted by Crippen LogP contribution is 2.13. The first-order valence-electron chi connectivity index (χ1n) is 8.16. The van der Waals surface area contributed by atoms with Crippen molar-refractivity contribution < 1.29 is 9.59 Å². The molecule has 1 aromatic carbocycles. The van der Waals surface area contributed by atoms with Crippen LogP contribution in [0, 0.1) is 0 Å². The van der Waals surface area contributed by atoms with Crippen LogP contribution in [0.1, 0.15) is 32.0 Å². The minimum atomic E-state index is -0.379. The summed E-state index contributed by atoms with van der Waals surface area (Å²) in [6, 6.07) is 7.55. The van der Waals surface area contributed by atoms with E-state index in [-0.39, 0.29) is 17.9 Å². The smallest absolute Gasteiger partial charge is 0.242 e. The topological polar surface area (TPSA) is 78.1 Å². The van der Waals surface area contributed by atoms with Gasteiger partial charge in [0.25, 0.3) is 0 Å². The van der Waals surface area contributed by atoms with Crippen molar-refractivity contribution in [3.05, 3.63) is 30.1 Å². The summed E-state index contributed by atoms with van der Waals surface area (Å²) in [5.74, 6) is 0.933. The molecule has 1 aliphatic rings. The van der Waals surface area contributed by atoms with Crippen molar-refractivity contribution >= 4 is 22.8 Å². The molecule has 2 amide bonds. The van der Waals surface area contributed by atoms with E-state index in [0.717, 1.165) is 36.1 Å². The average Bonchev–Trinajstić information content (AvgIpc) is 3.16. The van der Waals surface area contributed by atoms with Crippen molar-refractivity contribution in [1.82, 2.24) is 20.2 Å². The number of nitrogens with zero attached hydrogens (tertiary/aromatic N) is 2. The zero-order valence-corrected chi connectivity index (χ0v) is 13.3. The lowest BCUT2D eigenvalue weighted by atomic mass is 10.2. The Morgan fingerprint density at radius 3 is 3.00 bits per heavy atom. The van der Waals surface area contributed by atoms with Crippen molar-refractivity contribution in [2.75, 3.05) is 13.1 Å². The third kappa shape index (κ3) is 3.52. The second-order valence-corrected chi connectivity index (χ2v) is 5.96. The van der Waals surface area contributed by atoms with E-state index in [1.54, 1.807) is 11.8 Å². The Hall–Kier alpha value is -2.37. The van der Waals surface area contributed by atoms with E-state index in [1.165, 1.54) is 0 Å². The molecule has 0 aliphatic carbocycles. The molecule has 0 saturated carbocycles. The predicted octanol–water partition coefficient (Wildman–Crippen LogP) is 1.62. The Labute approximate surface area is 135 Å². The lowest BCUT2D eigenvalue weighted by Crippen LogP contribution is -2.45. The molecule has 23 heavy (non-hydrogen) atoms. The summed E-state index contributed by atoms with van der Waals surface area (Å²) in [7, 11) is 0. The van der Waals surface area contributed by atoms with Crippen LogP contribution in [0.25, 0.3) is 11.0 Å². The number of aryl methyl sites for hydroxylation is 1. The largest absolute Gasteiger partial charge is 0.354 e. The number of likely N-dealkylation sites (tertiary alicyclic amines) is 1. The van der Waals surface area contributed by atoms with E-state index < -0.39 is 0 Å². The second kappa shape index (κ2) is 6.81. The number of carbonyl (C=O) groups is 2. The summed E-state index contributed by atoms with van der Waals surface area (Å²) >= 11 is 0. The van der Waals surface area contributed by atoms with Gasteiger partial charge in [0.1, 0.15) is 11.9 Å². The first kappa shape index (κ1) is 15.5. The van der Waals surface area contributed by atoms with Crippen molar-refractivity contribution in [3.8, 4) is 0 Å². The molecule has 0 spiro atoms. The monoisotopic (exact) mass is 314 g/mol. The number of rotatable bonds is 6. The number of para-hydroxylation sites is 2. The zero-order valence-electron chi connectivity index (χ0n) is 13.3. The van der Waals surface area contributed by atoms with Crippen LogP contribution in [0.2, 0.25) is 0 Å². The molecule has 1 aromatic heterocycles. The Morgan fingerprint density at radius 1 is 1.43 bits per heavy atom. The molecular weight excluding hydrogens is 292 g/mol. The van der Waals surface area contributed by atoms with E-state index in [0.29, 0.717) is 19.5 Å². The first-order valence-corrected chi connectivity index (χ1v) is 8.16. The number of hydrogen-bond donors (Lipinski definition) is 2. The summed E-state index contributed by atoms with van der Waals surface area (Å²) in [6.45, 7) is 3.06. The lowest BCUT2D eigenvalue weighted by Gasteiger charge is -2.23. The highest BCUT2D eigenvalue weighted by molar-refractivity contribution is 5.88. The number of amides is 2. The highest BCUT2D eigenvalue weighted by Gasteiger charge is 2.28. The van der Waals surface area contributed by atoms with E-state index in [9.17, 15) is 9.59 Å². The Balaban J connectivity index is 1.44. The van der Waals surface area contributed by atoms with Gasteiger partial charge in [-0.1, -0.05) is 12.1 Å². The highest BCUT2D eigenvalue weighted by atomic mass is 16.2. The molecule has 2 aromatic rings. The number of imidazole rings is 1. The van der Waals surface area contributed by atoms with Crippen LogP contribution < -0.4 is 5.32 Å². The number of fused-ring (bicyclic) bond motifs is 1. The maximum absolute atomic E-state index is 12.1. The summed E-state index contributed by atoms with van der Waals surface area (Å²) in [5, 5.41) is 2.91. The molecule has 1 fully saturated rings. The van der Waals surface area contributed by atoms with Gasteiger partial charge in [-0.2, -0.15) is 0 Å². The number of benzene rings is 1. The summed E-state index contributed by atoms with van der Waals surface area (Å²) < 4.78 is 0. The molecule has 1 aliphatic heterocycles. The van der Waals surface area contributed by atoms with Gasteiger partial charge in [-0.25, -0.2) is 4.98 Å². The normalized spacial score (nSPS) is 16.0. The van der Waals surface area contributed by atoms with Crippen LogP contribution in [0.15, 0.2) is 24.3 Å². The number of hydrogen-bond acceptors (Lipinski definition) is 3. The van der Waals surface area contributed by atoms with Crippen LogP contribution in [0.5, 0.6) is 0 Å².